The number of hydrogen-bond donors (Lipinski definition) is 9. The fourth-order valence-electron chi connectivity index (χ4n) is 14.1. The van der Waals surface area contributed by atoms with Gasteiger partial charge in [-0.2, -0.15) is 0 Å². The molecule has 7 fully saturated rings. The van der Waals surface area contributed by atoms with E-state index in [1.807, 2.05) is 13.8 Å². The zero-order valence-electron chi connectivity index (χ0n) is 34.5. The third-order valence-electron chi connectivity index (χ3n) is 17.6. The van der Waals surface area contributed by atoms with E-state index in [1.54, 1.807) is 0 Å². The average molecular weight is 801 g/mol. The number of aliphatic hydroxyl groups excluding tert-OH is 8. The third-order valence-corrected chi connectivity index (χ3v) is 17.6. The molecule has 9 N–H and O–H groups in total. The minimum atomic E-state index is -1.67. The van der Waals surface area contributed by atoms with Crippen LogP contribution in [0.2, 0.25) is 0 Å². The lowest BCUT2D eigenvalue weighted by molar-refractivity contribution is -0.347. The van der Waals surface area contributed by atoms with Crippen LogP contribution in [0, 0.1) is 45.3 Å². The van der Waals surface area contributed by atoms with Gasteiger partial charge in [0.25, 0.3) is 0 Å². The summed E-state index contributed by atoms with van der Waals surface area (Å²) in [5.41, 5.74) is -1.69. The van der Waals surface area contributed by atoms with Gasteiger partial charge in [-0.05, 0) is 125 Å². The lowest BCUT2D eigenvalue weighted by Gasteiger charge is -2.70. The number of aliphatic hydroxyl groups is 9. The molecule has 0 radical (unpaired) electrons. The zero-order chi connectivity index (χ0) is 41.0. The molecule has 7 rings (SSSR count). The molecule has 21 unspecified atom stereocenters. The van der Waals surface area contributed by atoms with Crippen molar-refractivity contribution in [2.75, 3.05) is 19.8 Å². The summed E-state index contributed by atoms with van der Waals surface area (Å²) < 4.78 is 30.4. The van der Waals surface area contributed by atoms with Crippen LogP contribution in [0.25, 0.3) is 0 Å². The third kappa shape index (κ3) is 6.67. The summed E-state index contributed by atoms with van der Waals surface area (Å²) in [5, 5.41) is 95.2. The molecule has 0 aromatic carbocycles. The smallest absolute Gasteiger partial charge is 0.186 e. The Labute approximate surface area is 331 Å². The summed E-state index contributed by atoms with van der Waals surface area (Å²) in [6.45, 7) is 14.3. The first-order chi connectivity index (χ1) is 26.1. The van der Waals surface area contributed by atoms with Gasteiger partial charge in [-0.1, -0.05) is 27.7 Å². The summed E-state index contributed by atoms with van der Waals surface area (Å²) >= 11 is 0. The molecule has 4 saturated carbocycles. The molecule has 14 heteroatoms. The van der Waals surface area contributed by atoms with Gasteiger partial charge >= 0.3 is 0 Å². The Hall–Kier alpha value is -0.560. The van der Waals surface area contributed by atoms with Gasteiger partial charge in [0, 0.05) is 5.41 Å². The number of rotatable bonds is 9. The van der Waals surface area contributed by atoms with Gasteiger partial charge in [0.1, 0.15) is 48.8 Å². The highest BCUT2D eigenvalue weighted by molar-refractivity contribution is 5.19. The predicted molar refractivity (Wildman–Crippen MR) is 200 cm³/mol. The number of ether oxygens (including phenoxy) is 5. The van der Waals surface area contributed by atoms with Crippen LogP contribution in [-0.2, 0) is 23.7 Å². The lowest BCUT2D eigenvalue weighted by atomic mass is 9.35. The second-order valence-corrected chi connectivity index (χ2v) is 20.8. The average Bonchev–Trinajstić information content (AvgIpc) is 3.74. The predicted octanol–water partition coefficient (Wildman–Crippen LogP) is 1.36. The molecule has 0 bridgehead atoms. The Balaban J connectivity index is 1.05. The van der Waals surface area contributed by atoms with Crippen molar-refractivity contribution in [3.05, 3.63) is 0 Å². The molecule has 0 amide bonds. The van der Waals surface area contributed by atoms with E-state index >= 15 is 0 Å². The van der Waals surface area contributed by atoms with Gasteiger partial charge in [-0.25, -0.2) is 0 Å². The van der Waals surface area contributed by atoms with Crippen LogP contribution in [-0.4, -0.2) is 151 Å². The molecule has 21 atom stereocenters. The van der Waals surface area contributed by atoms with Crippen LogP contribution < -0.4 is 0 Å². The van der Waals surface area contributed by atoms with E-state index in [-0.39, 0.29) is 40.5 Å². The van der Waals surface area contributed by atoms with Crippen molar-refractivity contribution in [2.45, 2.75) is 197 Å². The fraction of sp³-hybridized carbons (Fsp3) is 1.00. The Morgan fingerprint density at radius 1 is 0.625 bits per heavy atom. The van der Waals surface area contributed by atoms with Crippen LogP contribution in [0.1, 0.15) is 113 Å². The Bertz CT molecular complexity index is 1400. The first kappa shape index (κ1) is 43.5. The minimum Gasteiger partial charge on any atom is -0.396 e. The van der Waals surface area contributed by atoms with Crippen molar-refractivity contribution < 1.29 is 69.6 Å². The molecule has 3 heterocycles. The van der Waals surface area contributed by atoms with E-state index in [9.17, 15) is 46.0 Å². The summed E-state index contributed by atoms with van der Waals surface area (Å²) in [6, 6.07) is 0. The molecule has 4 aliphatic carbocycles. The topological polar surface area (TPSA) is 228 Å². The summed E-state index contributed by atoms with van der Waals surface area (Å²) in [5.74, 6) is 1.51. The van der Waals surface area contributed by atoms with Crippen molar-refractivity contribution in [1.82, 2.24) is 0 Å². The van der Waals surface area contributed by atoms with Gasteiger partial charge in [0.05, 0.1) is 43.2 Å². The fourth-order valence-corrected chi connectivity index (χ4v) is 14.1. The first-order valence-corrected chi connectivity index (χ1v) is 21.4. The minimum absolute atomic E-state index is 0.0836. The van der Waals surface area contributed by atoms with Crippen molar-refractivity contribution in [3.63, 3.8) is 0 Å². The molecular formula is C42H72O14. The van der Waals surface area contributed by atoms with Crippen LogP contribution in [0.4, 0.5) is 0 Å². The highest BCUT2D eigenvalue weighted by Gasteiger charge is 2.71. The van der Waals surface area contributed by atoms with Crippen LogP contribution in [0.5, 0.6) is 0 Å². The Morgan fingerprint density at radius 2 is 1.25 bits per heavy atom. The highest BCUT2D eigenvalue weighted by Crippen LogP contribution is 2.76. The van der Waals surface area contributed by atoms with Gasteiger partial charge in [0.2, 0.25) is 0 Å². The van der Waals surface area contributed by atoms with Crippen LogP contribution in [0.15, 0.2) is 0 Å². The zero-order valence-corrected chi connectivity index (χ0v) is 34.5. The standard InChI is InChI=1S/C42H72O14/c1-37(2,51)27-13-17-42(7,56-27)22-10-15-40(5)21(22)8-9-26-38(3)14-12-28(39(4,20-44)25(38)11-16-41(26,40)6)55-36-34(50)32(48)30(46)24(54-36)19-52-35-33(49)31(47)29(45)23(18-43)53-35/h21-36,43-51H,8-20H2,1-7H3. The Kier molecular flexibility index (Phi) is 11.7. The first-order valence-electron chi connectivity index (χ1n) is 21.4. The summed E-state index contributed by atoms with van der Waals surface area (Å²) in [6.07, 6.45) is -5.99. The lowest BCUT2D eigenvalue weighted by Crippen LogP contribution is -2.66. The van der Waals surface area contributed by atoms with Gasteiger partial charge in [-0.15, -0.1) is 0 Å². The van der Waals surface area contributed by atoms with Crippen molar-refractivity contribution in [3.8, 4) is 0 Å². The number of hydrogen-bond acceptors (Lipinski definition) is 14. The van der Waals surface area contributed by atoms with E-state index in [1.165, 1.54) is 0 Å². The van der Waals surface area contributed by atoms with Crippen molar-refractivity contribution in [2.24, 2.45) is 45.3 Å². The molecule has 3 saturated heterocycles. The Morgan fingerprint density at radius 3 is 1.88 bits per heavy atom. The normalized spacial score (nSPS) is 56.4. The quantitative estimate of drug-likeness (QED) is 0.150. The van der Waals surface area contributed by atoms with Crippen molar-refractivity contribution >= 4 is 0 Å². The highest BCUT2D eigenvalue weighted by atomic mass is 16.7. The second-order valence-electron chi connectivity index (χ2n) is 20.8. The molecule has 0 spiro atoms. The molecule has 7 aliphatic rings. The van der Waals surface area contributed by atoms with Gasteiger partial charge in [-0.3, -0.25) is 0 Å². The van der Waals surface area contributed by atoms with Gasteiger partial charge in [0.15, 0.2) is 12.6 Å². The maximum absolute atomic E-state index is 11.3. The summed E-state index contributed by atoms with van der Waals surface area (Å²) in [4.78, 5) is 0. The maximum Gasteiger partial charge on any atom is 0.186 e. The van der Waals surface area contributed by atoms with E-state index < -0.39 is 91.7 Å². The molecule has 3 aliphatic heterocycles. The molecule has 324 valence electrons. The summed E-state index contributed by atoms with van der Waals surface area (Å²) in [7, 11) is 0. The monoisotopic (exact) mass is 800 g/mol. The largest absolute Gasteiger partial charge is 0.396 e. The van der Waals surface area contributed by atoms with Crippen molar-refractivity contribution in [1.29, 1.82) is 0 Å². The molecule has 0 aromatic heterocycles. The molecule has 0 aromatic rings. The molecule has 56 heavy (non-hydrogen) atoms. The molecular weight excluding hydrogens is 728 g/mol. The van der Waals surface area contributed by atoms with Crippen LogP contribution in [0.3, 0.4) is 0 Å². The van der Waals surface area contributed by atoms with Crippen LogP contribution >= 0.6 is 0 Å². The SMILES string of the molecule is CC(C)(O)C1CCC(C)(C2CCC3(C)C2CCC2C4(C)CCC(OC5OC(COC6OC(CO)C(O)C(O)C6O)C(O)C(O)C5O)C(C)(CO)C4CCC23C)O1. The maximum atomic E-state index is 11.3. The number of fused-ring (bicyclic) bond motifs is 5. The van der Waals surface area contributed by atoms with Gasteiger partial charge < -0.3 is 69.6 Å². The van der Waals surface area contributed by atoms with E-state index in [4.69, 9.17) is 23.7 Å². The van der Waals surface area contributed by atoms with E-state index in [0.29, 0.717) is 24.2 Å². The second kappa shape index (κ2) is 15.1. The molecule has 14 nitrogen and oxygen atoms in total. The van der Waals surface area contributed by atoms with E-state index in [2.05, 4.69) is 34.6 Å². The van der Waals surface area contributed by atoms with E-state index in [0.717, 1.165) is 57.8 Å².